The Morgan fingerprint density at radius 1 is 1.21 bits per heavy atom. The fraction of sp³-hybridized carbons (Fsp3) is 0.579. The Bertz CT molecular complexity index is 614. The molecule has 0 unspecified atom stereocenters. The minimum atomic E-state index is -0.337. The summed E-state index contributed by atoms with van der Waals surface area (Å²) < 4.78 is 0. The van der Waals surface area contributed by atoms with Crippen molar-refractivity contribution in [2.75, 3.05) is 18.4 Å². The van der Waals surface area contributed by atoms with Gasteiger partial charge in [-0.1, -0.05) is 32.9 Å². The predicted molar refractivity (Wildman–Crippen MR) is 104 cm³/mol. The Hall–Kier alpha value is -1.62. The van der Waals surface area contributed by atoms with Crippen molar-refractivity contribution >= 4 is 28.9 Å². The maximum Gasteiger partial charge on any atom is 0.225 e. The molecule has 0 radical (unpaired) electrons. The van der Waals surface area contributed by atoms with E-state index in [1.165, 1.54) is 11.1 Å². The Morgan fingerprint density at radius 2 is 1.83 bits per heavy atom. The van der Waals surface area contributed by atoms with Gasteiger partial charge < -0.3 is 15.5 Å². The van der Waals surface area contributed by atoms with Crippen LogP contribution in [-0.4, -0.2) is 35.1 Å². The van der Waals surface area contributed by atoms with Crippen molar-refractivity contribution < 1.29 is 4.79 Å². The smallest absolute Gasteiger partial charge is 0.225 e. The van der Waals surface area contributed by atoms with Crippen molar-refractivity contribution in [3.8, 4) is 0 Å². The minimum Gasteiger partial charge on any atom is -0.353 e. The van der Waals surface area contributed by atoms with Gasteiger partial charge in [-0.2, -0.15) is 0 Å². The van der Waals surface area contributed by atoms with Gasteiger partial charge in [0.15, 0.2) is 5.11 Å². The van der Waals surface area contributed by atoms with Gasteiger partial charge in [0, 0.05) is 30.2 Å². The summed E-state index contributed by atoms with van der Waals surface area (Å²) in [7, 11) is 0. The van der Waals surface area contributed by atoms with Crippen LogP contribution >= 0.6 is 12.2 Å². The van der Waals surface area contributed by atoms with Crippen LogP contribution in [0.15, 0.2) is 18.2 Å². The fourth-order valence-electron chi connectivity index (χ4n) is 2.69. The van der Waals surface area contributed by atoms with Crippen molar-refractivity contribution in [1.29, 1.82) is 0 Å². The lowest BCUT2D eigenvalue weighted by molar-refractivity contribution is -0.129. The summed E-state index contributed by atoms with van der Waals surface area (Å²) in [5.41, 5.74) is 3.14. The zero-order valence-electron chi connectivity index (χ0n) is 15.4. The first-order chi connectivity index (χ1) is 11.2. The van der Waals surface area contributed by atoms with E-state index < -0.39 is 0 Å². The van der Waals surface area contributed by atoms with E-state index in [0.29, 0.717) is 0 Å². The van der Waals surface area contributed by atoms with E-state index in [4.69, 9.17) is 12.2 Å². The number of amides is 1. The number of anilines is 1. The van der Waals surface area contributed by atoms with E-state index in [0.717, 1.165) is 36.7 Å². The van der Waals surface area contributed by atoms with Crippen LogP contribution in [0, 0.1) is 19.3 Å². The second-order valence-corrected chi connectivity index (χ2v) is 8.12. The number of nitrogens with zero attached hydrogens (tertiary/aromatic N) is 1. The second kappa shape index (κ2) is 7.51. The zero-order valence-corrected chi connectivity index (χ0v) is 16.2. The quantitative estimate of drug-likeness (QED) is 0.802. The molecule has 2 N–H and O–H groups in total. The summed E-state index contributed by atoms with van der Waals surface area (Å²) in [4.78, 5) is 14.3. The lowest BCUT2D eigenvalue weighted by Gasteiger charge is -2.35. The number of thiocarbonyl (C=S) groups is 1. The highest BCUT2D eigenvalue weighted by Gasteiger charge is 2.27. The number of nitrogens with one attached hydrogen (secondary N) is 2. The highest BCUT2D eigenvalue weighted by molar-refractivity contribution is 7.80. The first kappa shape index (κ1) is 18.7. The third-order valence-electron chi connectivity index (χ3n) is 4.43. The molecule has 1 heterocycles. The van der Waals surface area contributed by atoms with Gasteiger partial charge in [-0.05, 0) is 56.1 Å². The topological polar surface area (TPSA) is 44.4 Å². The second-order valence-electron chi connectivity index (χ2n) is 7.73. The Morgan fingerprint density at radius 3 is 2.42 bits per heavy atom. The molecule has 1 aromatic carbocycles. The molecule has 1 saturated heterocycles. The van der Waals surface area contributed by atoms with Gasteiger partial charge in [0.1, 0.15) is 0 Å². The molecule has 24 heavy (non-hydrogen) atoms. The third kappa shape index (κ3) is 4.94. The number of likely N-dealkylation sites (tertiary alicyclic amines) is 1. The Labute approximate surface area is 151 Å². The van der Waals surface area contributed by atoms with Gasteiger partial charge in [0.2, 0.25) is 5.91 Å². The lowest BCUT2D eigenvalue weighted by atomic mass is 9.94. The van der Waals surface area contributed by atoms with Crippen LogP contribution in [-0.2, 0) is 4.79 Å². The number of carbonyl (C=O) groups excluding carboxylic acids is 1. The van der Waals surface area contributed by atoms with Crippen LogP contribution in [0.3, 0.4) is 0 Å². The Kier molecular flexibility index (Phi) is 5.86. The first-order valence-electron chi connectivity index (χ1n) is 8.61. The zero-order chi connectivity index (χ0) is 17.9. The van der Waals surface area contributed by atoms with E-state index in [1.54, 1.807) is 0 Å². The van der Waals surface area contributed by atoms with Gasteiger partial charge in [-0.25, -0.2) is 0 Å². The minimum absolute atomic E-state index is 0.122. The van der Waals surface area contributed by atoms with Crippen molar-refractivity contribution in [3.05, 3.63) is 29.3 Å². The summed E-state index contributed by atoms with van der Waals surface area (Å²) in [6.07, 6.45) is 1.85. The molecular weight excluding hydrogens is 318 g/mol. The van der Waals surface area contributed by atoms with Crippen LogP contribution in [0.4, 0.5) is 5.69 Å². The molecule has 2 rings (SSSR count). The summed E-state index contributed by atoms with van der Waals surface area (Å²) >= 11 is 5.57. The molecule has 0 spiro atoms. The molecule has 132 valence electrons. The van der Waals surface area contributed by atoms with Gasteiger partial charge in [-0.15, -0.1) is 0 Å². The predicted octanol–water partition coefficient (Wildman–Crippen LogP) is 3.63. The van der Waals surface area contributed by atoms with Crippen molar-refractivity contribution in [2.45, 2.75) is 53.5 Å². The van der Waals surface area contributed by atoms with E-state index in [1.807, 2.05) is 20.8 Å². The van der Waals surface area contributed by atoms with Crippen LogP contribution in [0.2, 0.25) is 0 Å². The number of rotatable bonds is 2. The average molecular weight is 348 g/mol. The standard InChI is InChI=1S/C19H29N3OS/c1-13-6-7-14(2)16(12-13)21-18(24)22-10-8-15(9-11-22)20-17(23)19(3,4)5/h6-7,12,15H,8-11H2,1-5H3,(H,20,23)(H,21,24). The van der Waals surface area contributed by atoms with Crippen LogP contribution in [0.5, 0.6) is 0 Å². The van der Waals surface area contributed by atoms with Gasteiger partial charge in [0.25, 0.3) is 0 Å². The molecule has 1 aliphatic heterocycles. The van der Waals surface area contributed by atoms with Crippen LogP contribution in [0.1, 0.15) is 44.7 Å². The van der Waals surface area contributed by atoms with E-state index in [-0.39, 0.29) is 17.4 Å². The van der Waals surface area contributed by atoms with Crippen LogP contribution < -0.4 is 10.6 Å². The molecule has 5 heteroatoms. The number of aryl methyl sites for hydroxylation is 2. The maximum absolute atomic E-state index is 12.1. The number of hydrogen-bond donors (Lipinski definition) is 2. The molecule has 1 fully saturated rings. The van der Waals surface area contributed by atoms with E-state index in [2.05, 4.69) is 47.6 Å². The van der Waals surface area contributed by atoms with E-state index in [9.17, 15) is 4.79 Å². The molecule has 0 aliphatic carbocycles. The first-order valence-corrected chi connectivity index (χ1v) is 9.02. The Balaban J connectivity index is 1.87. The average Bonchev–Trinajstić information content (AvgIpc) is 2.50. The molecular formula is C19H29N3OS. The van der Waals surface area contributed by atoms with Gasteiger partial charge in [0.05, 0.1) is 0 Å². The molecule has 0 atom stereocenters. The monoisotopic (exact) mass is 347 g/mol. The number of carbonyl (C=O) groups is 1. The summed E-state index contributed by atoms with van der Waals surface area (Å²) in [6, 6.07) is 6.58. The highest BCUT2D eigenvalue weighted by Crippen LogP contribution is 2.19. The summed E-state index contributed by atoms with van der Waals surface area (Å²) in [5, 5.41) is 7.29. The van der Waals surface area contributed by atoms with Crippen molar-refractivity contribution in [3.63, 3.8) is 0 Å². The molecule has 1 amide bonds. The molecule has 0 bridgehead atoms. The number of piperidine rings is 1. The number of hydrogen-bond acceptors (Lipinski definition) is 2. The third-order valence-corrected chi connectivity index (χ3v) is 4.79. The number of benzene rings is 1. The normalized spacial score (nSPS) is 16.0. The summed E-state index contributed by atoms with van der Waals surface area (Å²) in [5.74, 6) is 0.122. The largest absolute Gasteiger partial charge is 0.353 e. The molecule has 0 aromatic heterocycles. The SMILES string of the molecule is Cc1ccc(C)c(NC(=S)N2CCC(NC(=O)C(C)(C)C)CC2)c1. The van der Waals surface area contributed by atoms with Crippen molar-refractivity contribution in [2.24, 2.45) is 5.41 Å². The lowest BCUT2D eigenvalue weighted by Crippen LogP contribution is -2.49. The molecule has 0 saturated carbocycles. The van der Waals surface area contributed by atoms with Crippen LogP contribution in [0.25, 0.3) is 0 Å². The van der Waals surface area contributed by atoms with E-state index >= 15 is 0 Å². The highest BCUT2D eigenvalue weighted by atomic mass is 32.1. The fourth-order valence-corrected chi connectivity index (χ4v) is 2.99. The van der Waals surface area contributed by atoms with Gasteiger partial charge >= 0.3 is 0 Å². The molecule has 4 nitrogen and oxygen atoms in total. The molecule has 1 aromatic rings. The maximum atomic E-state index is 12.1. The molecule has 1 aliphatic rings. The van der Waals surface area contributed by atoms with Gasteiger partial charge in [-0.3, -0.25) is 4.79 Å². The summed E-state index contributed by atoms with van der Waals surface area (Å²) in [6.45, 7) is 11.7. The van der Waals surface area contributed by atoms with Crippen molar-refractivity contribution in [1.82, 2.24) is 10.2 Å².